The van der Waals surface area contributed by atoms with E-state index in [0.717, 1.165) is 44.9 Å². The van der Waals surface area contributed by atoms with Crippen LogP contribution in [0.1, 0.15) is 354 Å². The van der Waals surface area contributed by atoms with Crippen LogP contribution >= 0.6 is 0 Å². The number of aliphatic hydroxyl groups is 2. The van der Waals surface area contributed by atoms with Gasteiger partial charge in [0.2, 0.25) is 5.91 Å². The average Bonchev–Trinajstić information content (AvgIpc) is 3.35. The molecule has 6 nitrogen and oxygen atoms in total. The highest BCUT2D eigenvalue weighted by atomic mass is 16.5. The Morgan fingerprint density at radius 3 is 1.04 bits per heavy atom. The topological polar surface area (TPSA) is 95.9 Å². The van der Waals surface area contributed by atoms with Crippen LogP contribution in [0, 0.1) is 0 Å². The minimum atomic E-state index is -0.666. The Balaban J connectivity index is 3.39. The summed E-state index contributed by atoms with van der Waals surface area (Å²) in [6.07, 6.45) is 70.7. The molecule has 6 heteroatoms. The van der Waals surface area contributed by atoms with E-state index >= 15 is 0 Å². The Labute approximate surface area is 431 Å². The second-order valence-corrected chi connectivity index (χ2v) is 21.7. The van der Waals surface area contributed by atoms with E-state index in [2.05, 4.69) is 31.3 Å². The van der Waals surface area contributed by atoms with Gasteiger partial charge in [-0.05, 0) is 51.4 Å². The summed E-state index contributed by atoms with van der Waals surface area (Å²) in [5, 5.41) is 23.4. The maximum atomic E-state index is 12.5. The summed E-state index contributed by atoms with van der Waals surface area (Å²) >= 11 is 0. The van der Waals surface area contributed by atoms with Crippen LogP contribution in [0.5, 0.6) is 0 Å². The van der Waals surface area contributed by atoms with Crippen molar-refractivity contribution in [1.82, 2.24) is 5.32 Å². The lowest BCUT2D eigenvalue weighted by atomic mass is 10.0. The van der Waals surface area contributed by atoms with Gasteiger partial charge >= 0.3 is 5.97 Å². The zero-order valence-electron chi connectivity index (χ0n) is 46.8. The third kappa shape index (κ3) is 55.8. The van der Waals surface area contributed by atoms with Crippen molar-refractivity contribution < 1.29 is 24.5 Å². The maximum Gasteiger partial charge on any atom is 0.305 e. The lowest BCUT2D eigenvalue weighted by Gasteiger charge is -2.22. The molecule has 0 aromatic carbocycles. The van der Waals surface area contributed by atoms with Crippen molar-refractivity contribution in [3.63, 3.8) is 0 Å². The van der Waals surface area contributed by atoms with Crippen molar-refractivity contribution in [3.8, 4) is 0 Å². The molecule has 0 radical (unpaired) electrons. The smallest absolute Gasteiger partial charge is 0.305 e. The largest absolute Gasteiger partial charge is 0.466 e. The molecule has 0 heterocycles. The van der Waals surface area contributed by atoms with E-state index in [-0.39, 0.29) is 18.5 Å². The predicted molar refractivity (Wildman–Crippen MR) is 301 cm³/mol. The molecule has 1 amide bonds. The van der Waals surface area contributed by atoms with Gasteiger partial charge in [-0.25, -0.2) is 0 Å². The fourth-order valence-corrected chi connectivity index (χ4v) is 9.99. The first kappa shape index (κ1) is 67.6. The van der Waals surface area contributed by atoms with Crippen molar-refractivity contribution in [2.24, 2.45) is 0 Å². The number of amides is 1. The first-order chi connectivity index (χ1) is 34.0. The van der Waals surface area contributed by atoms with Crippen LogP contribution in [0.3, 0.4) is 0 Å². The van der Waals surface area contributed by atoms with Gasteiger partial charge in [-0.15, -0.1) is 0 Å². The van der Waals surface area contributed by atoms with Crippen molar-refractivity contribution in [1.29, 1.82) is 0 Å². The van der Waals surface area contributed by atoms with Gasteiger partial charge in [0.25, 0.3) is 0 Å². The van der Waals surface area contributed by atoms with Gasteiger partial charge < -0.3 is 20.3 Å². The van der Waals surface area contributed by atoms with E-state index in [1.54, 1.807) is 0 Å². The molecule has 0 aliphatic rings. The SMILES string of the molecule is CCCCCC/C=C\CCCCCCCC(=O)OCCCCCCCCCCCCCCCCCCCCCCC(=O)NC(CO)C(O)CCCCCCCCCCCCCCCCCCCCC. The molecular formula is C63H123NO5. The van der Waals surface area contributed by atoms with Gasteiger partial charge in [0.15, 0.2) is 0 Å². The first-order valence-electron chi connectivity index (χ1n) is 31.4. The molecule has 0 aromatic heterocycles. The number of carbonyl (C=O) groups excluding carboxylic acids is 2. The minimum absolute atomic E-state index is 0.00223. The van der Waals surface area contributed by atoms with Gasteiger partial charge in [0.05, 0.1) is 25.4 Å². The van der Waals surface area contributed by atoms with Crippen LogP contribution in [0.2, 0.25) is 0 Å². The molecular weight excluding hydrogens is 851 g/mol. The van der Waals surface area contributed by atoms with Crippen LogP contribution in [0.25, 0.3) is 0 Å². The standard InChI is InChI=1S/C63H123NO5/c1-3-5-7-9-11-13-15-17-18-19-22-25-28-32-35-39-43-47-51-55-61(66)60(59-65)64-62(67)56-52-48-44-40-36-33-29-26-23-20-21-24-27-30-34-38-42-46-50-54-58-69-63(68)57-53-49-45-41-37-31-16-14-12-10-8-6-4-2/h14,16,60-61,65-66H,3-13,15,17-59H2,1-2H3,(H,64,67)/b16-14-. The van der Waals surface area contributed by atoms with E-state index in [0.29, 0.717) is 25.9 Å². The zero-order valence-corrected chi connectivity index (χ0v) is 46.8. The molecule has 0 saturated carbocycles. The number of rotatable bonds is 59. The number of carbonyl (C=O) groups is 2. The molecule has 69 heavy (non-hydrogen) atoms. The summed E-state index contributed by atoms with van der Waals surface area (Å²) in [6.45, 7) is 4.96. The number of nitrogens with one attached hydrogen (secondary N) is 1. The molecule has 0 saturated heterocycles. The second-order valence-electron chi connectivity index (χ2n) is 21.7. The number of ether oxygens (including phenoxy) is 1. The molecule has 2 unspecified atom stereocenters. The van der Waals surface area contributed by atoms with Crippen LogP contribution in [0.4, 0.5) is 0 Å². The van der Waals surface area contributed by atoms with Gasteiger partial charge in [-0.1, -0.05) is 302 Å². The van der Waals surface area contributed by atoms with E-state index in [1.165, 1.54) is 276 Å². The van der Waals surface area contributed by atoms with Crippen LogP contribution in [0.15, 0.2) is 12.2 Å². The zero-order chi connectivity index (χ0) is 50.0. The number of hydrogen-bond acceptors (Lipinski definition) is 5. The van der Waals surface area contributed by atoms with E-state index in [9.17, 15) is 19.8 Å². The van der Waals surface area contributed by atoms with Crippen molar-refractivity contribution in [3.05, 3.63) is 12.2 Å². The van der Waals surface area contributed by atoms with E-state index < -0.39 is 12.1 Å². The molecule has 0 rings (SSSR count). The summed E-state index contributed by atoms with van der Waals surface area (Å²) < 4.78 is 5.47. The quantitative estimate of drug-likeness (QED) is 0.0321. The molecule has 0 aliphatic carbocycles. The van der Waals surface area contributed by atoms with Gasteiger partial charge in [-0.3, -0.25) is 9.59 Å². The molecule has 0 fully saturated rings. The van der Waals surface area contributed by atoms with Crippen LogP contribution in [-0.4, -0.2) is 47.4 Å². The monoisotopic (exact) mass is 974 g/mol. The summed E-state index contributed by atoms with van der Waals surface area (Å²) in [6, 6.07) is -0.543. The molecule has 410 valence electrons. The highest BCUT2D eigenvalue weighted by Gasteiger charge is 2.20. The van der Waals surface area contributed by atoms with E-state index in [4.69, 9.17) is 4.74 Å². The average molecular weight is 975 g/mol. The van der Waals surface area contributed by atoms with Gasteiger partial charge in [0, 0.05) is 12.8 Å². The second kappa shape index (κ2) is 59.2. The fraction of sp³-hybridized carbons (Fsp3) is 0.937. The number of allylic oxidation sites excluding steroid dienone is 2. The summed E-state index contributed by atoms with van der Waals surface area (Å²) in [5.41, 5.74) is 0. The molecule has 0 aliphatic heterocycles. The van der Waals surface area contributed by atoms with Crippen molar-refractivity contribution >= 4 is 11.9 Å². The fourth-order valence-electron chi connectivity index (χ4n) is 9.99. The Kier molecular flexibility index (Phi) is 58.0. The summed E-state index contributed by atoms with van der Waals surface area (Å²) in [4.78, 5) is 24.5. The molecule has 0 spiro atoms. The molecule has 0 bridgehead atoms. The normalized spacial score (nSPS) is 12.6. The first-order valence-corrected chi connectivity index (χ1v) is 31.4. The van der Waals surface area contributed by atoms with Gasteiger partial charge in [0.1, 0.15) is 0 Å². The minimum Gasteiger partial charge on any atom is -0.466 e. The molecule has 0 aromatic rings. The van der Waals surface area contributed by atoms with Crippen LogP contribution < -0.4 is 5.32 Å². The lowest BCUT2D eigenvalue weighted by molar-refractivity contribution is -0.143. The number of esters is 1. The van der Waals surface area contributed by atoms with E-state index in [1.807, 2.05) is 0 Å². The molecule has 3 N–H and O–H groups in total. The Morgan fingerprint density at radius 1 is 0.391 bits per heavy atom. The third-order valence-electron chi connectivity index (χ3n) is 14.8. The summed E-state index contributed by atoms with van der Waals surface area (Å²) in [7, 11) is 0. The van der Waals surface area contributed by atoms with Gasteiger partial charge in [-0.2, -0.15) is 0 Å². The third-order valence-corrected chi connectivity index (χ3v) is 14.8. The maximum absolute atomic E-state index is 12.5. The van der Waals surface area contributed by atoms with Crippen molar-refractivity contribution in [2.45, 2.75) is 366 Å². The Bertz CT molecular complexity index is 1030. The number of hydrogen-bond donors (Lipinski definition) is 3. The number of unbranched alkanes of at least 4 members (excludes halogenated alkanes) is 46. The van der Waals surface area contributed by atoms with Crippen molar-refractivity contribution in [2.75, 3.05) is 13.2 Å². The lowest BCUT2D eigenvalue weighted by Crippen LogP contribution is -2.45. The highest BCUT2D eigenvalue weighted by molar-refractivity contribution is 5.76. The summed E-state index contributed by atoms with van der Waals surface area (Å²) in [5.74, 6) is -0.0311. The molecule has 2 atom stereocenters. The Morgan fingerprint density at radius 2 is 0.681 bits per heavy atom. The van der Waals surface area contributed by atoms with Crippen LogP contribution in [-0.2, 0) is 14.3 Å². The highest BCUT2D eigenvalue weighted by Crippen LogP contribution is 2.18. The number of aliphatic hydroxyl groups excluding tert-OH is 2. The predicted octanol–water partition coefficient (Wildman–Crippen LogP) is 19.6. The Hall–Kier alpha value is -1.40.